The van der Waals surface area contributed by atoms with Crippen molar-refractivity contribution in [2.75, 3.05) is 38.1 Å². The molecule has 2 aliphatic heterocycles. The third-order valence-corrected chi connectivity index (χ3v) is 5.34. The smallest absolute Gasteiger partial charge is 0.253 e. The number of carbonyl (C=O) groups excluding carboxylic acids is 3. The molecule has 2 aliphatic rings. The van der Waals surface area contributed by atoms with Gasteiger partial charge in [0, 0.05) is 56.9 Å². The van der Waals surface area contributed by atoms with Crippen LogP contribution in [-0.2, 0) is 22.4 Å². The number of likely N-dealkylation sites (N-methyl/N-ethyl adjacent to an activating group) is 1. The number of rotatable bonds is 3. The van der Waals surface area contributed by atoms with Gasteiger partial charge in [0.25, 0.3) is 5.91 Å². The molecule has 7 nitrogen and oxygen atoms in total. The van der Waals surface area contributed by atoms with Gasteiger partial charge in [-0.15, -0.1) is 0 Å². The summed E-state index contributed by atoms with van der Waals surface area (Å²) in [6, 6.07) is 7.33. The normalized spacial score (nSPS) is 16.6. The van der Waals surface area contributed by atoms with Crippen LogP contribution in [0.4, 0.5) is 5.69 Å². The fourth-order valence-electron chi connectivity index (χ4n) is 3.70. The van der Waals surface area contributed by atoms with E-state index in [4.69, 9.17) is 0 Å². The number of benzene rings is 1. The van der Waals surface area contributed by atoms with Crippen LogP contribution in [0.15, 0.2) is 36.7 Å². The van der Waals surface area contributed by atoms with Crippen LogP contribution in [0.5, 0.6) is 0 Å². The van der Waals surface area contributed by atoms with E-state index in [-0.39, 0.29) is 17.7 Å². The van der Waals surface area contributed by atoms with Crippen LogP contribution in [0, 0.1) is 0 Å². The fraction of sp³-hybridized carbons (Fsp3) is 0.350. The molecule has 2 aromatic rings. The van der Waals surface area contributed by atoms with E-state index in [2.05, 4.69) is 4.98 Å². The van der Waals surface area contributed by atoms with Gasteiger partial charge in [-0.05, 0) is 35.4 Å². The summed E-state index contributed by atoms with van der Waals surface area (Å²) in [6.07, 6.45) is 4.35. The van der Waals surface area contributed by atoms with E-state index >= 15 is 0 Å². The van der Waals surface area contributed by atoms with Gasteiger partial charge in [0.05, 0.1) is 12.8 Å². The molecule has 0 atom stereocenters. The van der Waals surface area contributed by atoms with Gasteiger partial charge < -0.3 is 19.7 Å². The molecule has 1 saturated heterocycles. The number of aromatic nitrogens is 1. The highest BCUT2D eigenvalue weighted by atomic mass is 16.2. The highest BCUT2D eigenvalue weighted by Gasteiger charge is 2.28. The first-order chi connectivity index (χ1) is 13.0. The molecule has 3 heterocycles. The fourth-order valence-corrected chi connectivity index (χ4v) is 3.70. The van der Waals surface area contributed by atoms with Crippen molar-refractivity contribution in [2.45, 2.75) is 12.8 Å². The zero-order valence-corrected chi connectivity index (χ0v) is 15.3. The number of anilines is 1. The topological polar surface area (TPSA) is 76.7 Å². The van der Waals surface area contributed by atoms with E-state index in [0.29, 0.717) is 44.6 Å². The lowest BCUT2D eigenvalue weighted by Gasteiger charge is -2.35. The molecule has 3 amide bonds. The number of H-pyrrole nitrogens is 1. The first-order valence-corrected chi connectivity index (χ1v) is 9.11. The lowest BCUT2D eigenvalue weighted by atomic mass is 10.1. The van der Waals surface area contributed by atoms with Crippen LogP contribution in [0.25, 0.3) is 0 Å². The van der Waals surface area contributed by atoms with E-state index in [1.807, 2.05) is 29.3 Å². The predicted molar refractivity (Wildman–Crippen MR) is 101 cm³/mol. The Balaban J connectivity index is 1.37. The average molecular weight is 366 g/mol. The second-order valence-corrected chi connectivity index (χ2v) is 7.04. The molecule has 0 saturated carbocycles. The van der Waals surface area contributed by atoms with Gasteiger partial charge in [0.2, 0.25) is 11.8 Å². The molecule has 4 rings (SSSR count). The zero-order valence-electron chi connectivity index (χ0n) is 15.3. The summed E-state index contributed by atoms with van der Waals surface area (Å²) in [6.45, 7) is 2.13. The molecule has 1 aromatic heterocycles. The SMILES string of the molecule is CN1C(=O)Cc2cc(C(=O)N3CCN(C(=O)Cc4cc[nH]c4)CC3)ccc21. The predicted octanol–water partition coefficient (Wildman–Crippen LogP) is 1.06. The second-order valence-electron chi connectivity index (χ2n) is 7.04. The lowest BCUT2D eigenvalue weighted by molar-refractivity contribution is -0.131. The Morgan fingerprint density at radius 1 is 1.07 bits per heavy atom. The summed E-state index contributed by atoms with van der Waals surface area (Å²) in [5, 5.41) is 0. The van der Waals surface area contributed by atoms with Gasteiger partial charge in [-0.25, -0.2) is 0 Å². The number of amides is 3. The first-order valence-electron chi connectivity index (χ1n) is 9.11. The molecule has 1 aromatic carbocycles. The van der Waals surface area contributed by atoms with Gasteiger partial charge >= 0.3 is 0 Å². The molecule has 0 unspecified atom stereocenters. The summed E-state index contributed by atoms with van der Waals surface area (Å²) in [4.78, 5) is 45.2. The minimum atomic E-state index is -0.0439. The molecule has 0 spiro atoms. The number of piperazine rings is 1. The monoisotopic (exact) mass is 366 g/mol. The summed E-state index contributed by atoms with van der Waals surface area (Å²) in [5.41, 5.74) is 3.34. The second kappa shape index (κ2) is 6.90. The van der Waals surface area contributed by atoms with Gasteiger partial charge in [0.15, 0.2) is 0 Å². The van der Waals surface area contributed by atoms with Crippen molar-refractivity contribution < 1.29 is 14.4 Å². The number of aromatic amines is 1. The van der Waals surface area contributed by atoms with Gasteiger partial charge in [0.1, 0.15) is 0 Å². The van der Waals surface area contributed by atoms with E-state index < -0.39 is 0 Å². The molecule has 0 bridgehead atoms. The number of carbonyl (C=O) groups is 3. The van der Waals surface area contributed by atoms with Crippen molar-refractivity contribution >= 4 is 23.4 Å². The third-order valence-electron chi connectivity index (χ3n) is 5.34. The molecular weight excluding hydrogens is 344 g/mol. The maximum atomic E-state index is 12.8. The zero-order chi connectivity index (χ0) is 19.0. The summed E-state index contributed by atoms with van der Waals surface area (Å²) in [7, 11) is 1.75. The minimum absolute atomic E-state index is 0.0439. The van der Waals surface area contributed by atoms with Crippen LogP contribution < -0.4 is 4.90 Å². The average Bonchev–Trinajstić information content (AvgIpc) is 3.29. The minimum Gasteiger partial charge on any atom is -0.367 e. The van der Waals surface area contributed by atoms with Crippen LogP contribution in [0.1, 0.15) is 21.5 Å². The number of fused-ring (bicyclic) bond motifs is 1. The molecule has 0 radical (unpaired) electrons. The Morgan fingerprint density at radius 3 is 2.52 bits per heavy atom. The van der Waals surface area contributed by atoms with E-state index in [1.54, 1.807) is 29.1 Å². The highest BCUT2D eigenvalue weighted by molar-refractivity contribution is 6.03. The lowest BCUT2D eigenvalue weighted by Crippen LogP contribution is -2.51. The number of nitrogens with one attached hydrogen (secondary N) is 1. The van der Waals surface area contributed by atoms with Crippen molar-refractivity contribution in [3.8, 4) is 0 Å². The largest absolute Gasteiger partial charge is 0.367 e. The summed E-state index contributed by atoms with van der Waals surface area (Å²) >= 11 is 0. The van der Waals surface area contributed by atoms with Crippen molar-refractivity contribution in [1.29, 1.82) is 0 Å². The molecule has 140 valence electrons. The van der Waals surface area contributed by atoms with Crippen LogP contribution in [0.2, 0.25) is 0 Å². The van der Waals surface area contributed by atoms with E-state index in [9.17, 15) is 14.4 Å². The highest BCUT2D eigenvalue weighted by Crippen LogP contribution is 2.28. The Labute approximate surface area is 157 Å². The van der Waals surface area contributed by atoms with Crippen LogP contribution in [-0.4, -0.2) is 65.7 Å². The molecule has 7 heteroatoms. The van der Waals surface area contributed by atoms with Gasteiger partial charge in [-0.3, -0.25) is 14.4 Å². The summed E-state index contributed by atoms with van der Waals surface area (Å²) in [5.74, 6) is 0.0856. The molecule has 27 heavy (non-hydrogen) atoms. The number of hydrogen-bond donors (Lipinski definition) is 1. The molecular formula is C20H22N4O3. The van der Waals surface area contributed by atoms with Gasteiger partial charge in [-0.2, -0.15) is 0 Å². The third kappa shape index (κ3) is 3.32. The van der Waals surface area contributed by atoms with Crippen LogP contribution in [0.3, 0.4) is 0 Å². The maximum Gasteiger partial charge on any atom is 0.253 e. The van der Waals surface area contributed by atoms with Crippen molar-refractivity contribution in [1.82, 2.24) is 14.8 Å². The molecule has 0 aliphatic carbocycles. The van der Waals surface area contributed by atoms with Gasteiger partial charge in [-0.1, -0.05) is 0 Å². The van der Waals surface area contributed by atoms with Crippen molar-refractivity contribution in [3.63, 3.8) is 0 Å². The Bertz CT molecular complexity index is 883. The number of hydrogen-bond acceptors (Lipinski definition) is 3. The summed E-state index contributed by atoms with van der Waals surface area (Å²) < 4.78 is 0. The standard InChI is InChI=1S/C20H22N4O3/c1-22-17-3-2-15(11-16(17)12-18(22)25)20(27)24-8-6-23(7-9-24)19(26)10-14-4-5-21-13-14/h2-5,11,13,21H,6-10,12H2,1H3. The van der Waals surface area contributed by atoms with E-state index in [0.717, 1.165) is 16.8 Å². The van der Waals surface area contributed by atoms with E-state index in [1.165, 1.54) is 0 Å². The maximum absolute atomic E-state index is 12.8. The Hall–Kier alpha value is -3.09. The van der Waals surface area contributed by atoms with Crippen LogP contribution >= 0.6 is 0 Å². The van der Waals surface area contributed by atoms with Crippen molar-refractivity contribution in [2.24, 2.45) is 0 Å². The number of nitrogens with zero attached hydrogens (tertiary/aromatic N) is 3. The molecule has 1 N–H and O–H groups in total. The Kier molecular flexibility index (Phi) is 4.43. The first kappa shape index (κ1) is 17.3. The molecule has 1 fully saturated rings. The quantitative estimate of drug-likeness (QED) is 0.883. The van der Waals surface area contributed by atoms with Crippen molar-refractivity contribution in [3.05, 3.63) is 53.3 Å². The Morgan fingerprint density at radius 2 is 1.81 bits per heavy atom.